The van der Waals surface area contributed by atoms with Gasteiger partial charge in [-0.3, -0.25) is 9.59 Å². The minimum absolute atomic E-state index is 0.0669. The number of aryl methyl sites for hydroxylation is 1. The largest absolute Gasteiger partial charge is 0.483 e. The molecule has 5 heteroatoms. The smallest absolute Gasteiger partial charge is 0.261 e. The molecule has 2 aromatic carbocycles. The molecule has 0 aliphatic rings. The van der Waals surface area contributed by atoms with Crippen LogP contribution in [0, 0.1) is 13.8 Å². The van der Waals surface area contributed by atoms with Gasteiger partial charge in [0.2, 0.25) is 5.91 Å². The third-order valence-electron chi connectivity index (χ3n) is 5.56. The Balaban J connectivity index is 2.10. The van der Waals surface area contributed by atoms with E-state index in [2.05, 4.69) is 5.32 Å². The van der Waals surface area contributed by atoms with E-state index in [4.69, 9.17) is 4.74 Å². The van der Waals surface area contributed by atoms with Gasteiger partial charge < -0.3 is 15.0 Å². The molecule has 0 aliphatic heterocycles. The van der Waals surface area contributed by atoms with Gasteiger partial charge in [0.25, 0.3) is 5.91 Å². The maximum absolute atomic E-state index is 13.1. The van der Waals surface area contributed by atoms with Crippen molar-refractivity contribution in [3.05, 3.63) is 65.2 Å². The first kappa shape index (κ1) is 23.5. The number of benzene rings is 2. The average molecular weight is 411 g/mol. The van der Waals surface area contributed by atoms with Gasteiger partial charge in [-0.25, -0.2) is 0 Å². The van der Waals surface area contributed by atoms with Crippen LogP contribution in [-0.4, -0.2) is 41.9 Å². The molecule has 0 saturated carbocycles. The third-order valence-corrected chi connectivity index (χ3v) is 5.56. The van der Waals surface area contributed by atoms with Crippen molar-refractivity contribution in [2.45, 2.75) is 59.5 Å². The molecular formula is C25H34N2O3. The van der Waals surface area contributed by atoms with Crippen LogP contribution in [0.1, 0.15) is 43.9 Å². The molecule has 2 atom stereocenters. The molecule has 0 saturated heterocycles. The molecule has 0 heterocycles. The first-order chi connectivity index (χ1) is 14.3. The molecule has 0 aliphatic carbocycles. The van der Waals surface area contributed by atoms with E-state index in [0.717, 1.165) is 23.1 Å². The van der Waals surface area contributed by atoms with E-state index in [1.54, 1.807) is 11.8 Å². The van der Waals surface area contributed by atoms with Gasteiger partial charge in [0, 0.05) is 12.6 Å². The van der Waals surface area contributed by atoms with Crippen LogP contribution in [0.25, 0.3) is 0 Å². The Bertz CT molecular complexity index is 836. The number of amides is 2. The summed E-state index contributed by atoms with van der Waals surface area (Å²) in [5.74, 6) is 0.360. The summed E-state index contributed by atoms with van der Waals surface area (Å²) in [7, 11) is 0. The molecule has 0 unspecified atom stereocenters. The monoisotopic (exact) mass is 410 g/mol. The molecule has 2 amide bonds. The molecule has 0 aromatic heterocycles. The lowest BCUT2D eigenvalue weighted by molar-refractivity contribution is -0.141. The summed E-state index contributed by atoms with van der Waals surface area (Å²) in [6.45, 7) is 10.1. The van der Waals surface area contributed by atoms with Crippen molar-refractivity contribution in [3.63, 3.8) is 0 Å². The second kappa shape index (κ2) is 11.4. The van der Waals surface area contributed by atoms with Crippen molar-refractivity contribution >= 4 is 11.8 Å². The maximum Gasteiger partial charge on any atom is 0.261 e. The van der Waals surface area contributed by atoms with Gasteiger partial charge in [-0.1, -0.05) is 49.4 Å². The van der Waals surface area contributed by atoms with E-state index in [9.17, 15) is 9.59 Å². The topological polar surface area (TPSA) is 58.6 Å². The molecule has 5 nitrogen and oxygen atoms in total. The summed E-state index contributed by atoms with van der Waals surface area (Å²) in [4.78, 5) is 27.4. The fourth-order valence-electron chi connectivity index (χ4n) is 3.14. The lowest BCUT2D eigenvalue weighted by Gasteiger charge is -2.29. The molecule has 2 rings (SSSR count). The number of nitrogens with one attached hydrogen (secondary N) is 1. The normalized spacial score (nSPS) is 12.7. The predicted molar refractivity (Wildman–Crippen MR) is 121 cm³/mol. The van der Waals surface area contributed by atoms with Crippen molar-refractivity contribution < 1.29 is 14.3 Å². The average Bonchev–Trinajstić information content (AvgIpc) is 2.75. The van der Waals surface area contributed by atoms with Crippen molar-refractivity contribution in [3.8, 4) is 5.75 Å². The van der Waals surface area contributed by atoms with Gasteiger partial charge in [0.1, 0.15) is 11.8 Å². The van der Waals surface area contributed by atoms with Crippen LogP contribution in [0.3, 0.4) is 0 Å². The molecular weight excluding hydrogens is 376 g/mol. The molecule has 2 aromatic rings. The van der Waals surface area contributed by atoms with E-state index in [0.29, 0.717) is 18.7 Å². The Morgan fingerprint density at radius 2 is 1.73 bits per heavy atom. The third kappa shape index (κ3) is 6.61. The highest BCUT2D eigenvalue weighted by atomic mass is 16.5. The Labute approximate surface area is 180 Å². The van der Waals surface area contributed by atoms with E-state index < -0.39 is 6.04 Å². The van der Waals surface area contributed by atoms with E-state index in [1.807, 2.05) is 76.2 Å². The van der Waals surface area contributed by atoms with Crippen LogP contribution in [-0.2, 0) is 16.0 Å². The minimum atomic E-state index is -0.572. The predicted octanol–water partition coefficient (Wildman–Crippen LogP) is 4.06. The van der Waals surface area contributed by atoms with Gasteiger partial charge in [-0.2, -0.15) is 0 Å². The van der Waals surface area contributed by atoms with E-state index >= 15 is 0 Å². The zero-order valence-electron chi connectivity index (χ0n) is 18.8. The minimum Gasteiger partial charge on any atom is -0.483 e. The molecule has 30 heavy (non-hydrogen) atoms. The highest BCUT2D eigenvalue weighted by Gasteiger charge is 2.26. The maximum atomic E-state index is 13.1. The van der Waals surface area contributed by atoms with Crippen LogP contribution in [0.2, 0.25) is 0 Å². The number of rotatable bonds is 10. The summed E-state index contributed by atoms with van der Waals surface area (Å²) < 4.78 is 5.82. The Morgan fingerprint density at radius 3 is 2.40 bits per heavy atom. The molecule has 1 N–H and O–H groups in total. The molecule has 0 radical (unpaired) electrons. The fraction of sp³-hybridized carbons (Fsp3) is 0.440. The number of hydrogen-bond acceptors (Lipinski definition) is 3. The number of nitrogens with zero attached hydrogens (tertiary/aromatic N) is 1. The summed E-state index contributed by atoms with van der Waals surface area (Å²) in [5, 5.41) is 2.98. The molecule has 0 fully saturated rings. The van der Waals surface area contributed by atoms with Crippen molar-refractivity contribution in [1.82, 2.24) is 10.2 Å². The molecule has 162 valence electrons. The number of carbonyl (C=O) groups excluding carboxylic acids is 2. The first-order valence-electron chi connectivity index (χ1n) is 10.7. The van der Waals surface area contributed by atoms with Gasteiger partial charge in [-0.05, 0) is 63.3 Å². The zero-order chi connectivity index (χ0) is 22.1. The van der Waals surface area contributed by atoms with Crippen LogP contribution in [0.4, 0.5) is 0 Å². The van der Waals surface area contributed by atoms with Gasteiger partial charge in [-0.15, -0.1) is 0 Å². The van der Waals surface area contributed by atoms with Gasteiger partial charge in [0.15, 0.2) is 6.61 Å². The molecule has 0 bridgehead atoms. The summed E-state index contributed by atoms with van der Waals surface area (Å²) in [6.07, 6.45) is 1.52. The summed E-state index contributed by atoms with van der Waals surface area (Å²) in [6, 6.07) is 15.3. The molecule has 0 spiro atoms. The van der Waals surface area contributed by atoms with Gasteiger partial charge in [0.05, 0.1) is 0 Å². The Morgan fingerprint density at radius 1 is 1.03 bits per heavy atom. The van der Waals surface area contributed by atoms with E-state index in [-0.39, 0.29) is 24.5 Å². The van der Waals surface area contributed by atoms with Crippen LogP contribution < -0.4 is 10.1 Å². The number of hydrogen-bond donors (Lipinski definition) is 1. The van der Waals surface area contributed by atoms with Gasteiger partial charge >= 0.3 is 0 Å². The van der Waals surface area contributed by atoms with Crippen molar-refractivity contribution in [1.29, 1.82) is 0 Å². The highest BCUT2D eigenvalue weighted by molar-refractivity contribution is 5.88. The highest BCUT2D eigenvalue weighted by Crippen LogP contribution is 2.20. The quantitative estimate of drug-likeness (QED) is 0.643. The summed E-state index contributed by atoms with van der Waals surface area (Å²) >= 11 is 0. The van der Waals surface area contributed by atoms with Crippen LogP contribution in [0.15, 0.2) is 48.5 Å². The lowest BCUT2D eigenvalue weighted by atomic mass is 10.1. The second-order valence-electron chi connectivity index (χ2n) is 7.80. The number of ether oxygens (including phenoxy) is 1. The standard InChI is InChI=1S/C25H34N2O3/c1-6-19(3)26-25(29)21(5)27(16-15-22-12-8-7-9-13-22)24(28)17-30-23-14-10-11-18(2)20(23)4/h7-14,19,21H,6,15-17H2,1-5H3,(H,26,29)/t19-,21+/m0/s1. The lowest BCUT2D eigenvalue weighted by Crippen LogP contribution is -2.51. The zero-order valence-corrected chi connectivity index (χ0v) is 18.8. The SMILES string of the molecule is CC[C@H](C)NC(=O)[C@@H](C)N(CCc1ccccc1)C(=O)COc1cccc(C)c1C. The summed E-state index contributed by atoms with van der Waals surface area (Å²) in [5.41, 5.74) is 3.26. The second-order valence-corrected chi connectivity index (χ2v) is 7.80. The van der Waals surface area contributed by atoms with Crippen molar-refractivity contribution in [2.75, 3.05) is 13.2 Å². The van der Waals surface area contributed by atoms with Crippen LogP contribution >= 0.6 is 0 Å². The number of carbonyl (C=O) groups is 2. The Kier molecular flexibility index (Phi) is 8.90. The van der Waals surface area contributed by atoms with Crippen molar-refractivity contribution in [2.24, 2.45) is 0 Å². The van der Waals surface area contributed by atoms with Crippen LogP contribution in [0.5, 0.6) is 5.75 Å². The Hall–Kier alpha value is -2.82. The van der Waals surface area contributed by atoms with E-state index in [1.165, 1.54) is 0 Å². The fourth-order valence-corrected chi connectivity index (χ4v) is 3.14. The first-order valence-corrected chi connectivity index (χ1v) is 10.7.